The SMILES string of the molecule is Cc1cccc(C)c1NC(=O)COC(=O)C1CCN(C(=O)c2cccs2)CC1. The fourth-order valence-electron chi connectivity index (χ4n) is 3.32. The molecule has 1 aromatic carbocycles. The molecule has 2 amide bonds. The molecule has 0 unspecified atom stereocenters. The Morgan fingerprint density at radius 2 is 1.79 bits per heavy atom. The van der Waals surface area contributed by atoms with Crippen molar-refractivity contribution in [1.29, 1.82) is 0 Å². The monoisotopic (exact) mass is 400 g/mol. The van der Waals surface area contributed by atoms with Crippen LogP contribution in [0.4, 0.5) is 5.69 Å². The highest BCUT2D eigenvalue weighted by Crippen LogP contribution is 2.22. The van der Waals surface area contributed by atoms with Crippen molar-refractivity contribution in [1.82, 2.24) is 4.90 Å². The van der Waals surface area contributed by atoms with Crippen LogP contribution in [0.25, 0.3) is 0 Å². The van der Waals surface area contributed by atoms with E-state index in [4.69, 9.17) is 4.74 Å². The molecule has 148 valence electrons. The Balaban J connectivity index is 1.44. The number of carbonyl (C=O) groups excluding carboxylic acids is 3. The Bertz CT molecular complexity index is 835. The molecule has 6 nitrogen and oxygen atoms in total. The van der Waals surface area contributed by atoms with Gasteiger partial charge in [0.25, 0.3) is 11.8 Å². The first-order valence-corrected chi connectivity index (χ1v) is 10.2. The van der Waals surface area contributed by atoms with Crippen molar-refractivity contribution in [2.75, 3.05) is 25.0 Å². The zero-order valence-corrected chi connectivity index (χ0v) is 16.9. The van der Waals surface area contributed by atoms with Crippen molar-refractivity contribution < 1.29 is 19.1 Å². The summed E-state index contributed by atoms with van der Waals surface area (Å²) in [6.45, 7) is 4.57. The Hall–Kier alpha value is -2.67. The van der Waals surface area contributed by atoms with E-state index in [9.17, 15) is 14.4 Å². The first kappa shape index (κ1) is 20.1. The molecule has 0 atom stereocenters. The molecule has 0 spiro atoms. The summed E-state index contributed by atoms with van der Waals surface area (Å²) in [4.78, 5) is 39.3. The number of esters is 1. The summed E-state index contributed by atoms with van der Waals surface area (Å²) in [6.07, 6.45) is 1.10. The van der Waals surface area contributed by atoms with Crippen LogP contribution in [0.1, 0.15) is 33.6 Å². The van der Waals surface area contributed by atoms with Crippen molar-refractivity contribution >= 4 is 34.8 Å². The van der Waals surface area contributed by atoms with Gasteiger partial charge in [-0.25, -0.2) is 0 Å². The summed E-state index contributed by atoms with van der Waals surface area (Å²) in [5, 5.41) is 4.68. The predicted octanol–water partition coefficient (Wildman–Crippen LogP) is 3.40. The molecule has 28 heavy (non-hydrogen) atoms. The molecule has 7 heteroatoms. The molecule has 1 aromatic heterocycles. The number of rotatable bonds is 5. The highest BCUT2D eigenvalue weighted by atomic mass is 32.1. The van der Waals surface area contributed by atoms with Crippen LogP contribution in [0, 0.1) is 19.8 Å². The zero-order valence-electron chi connectivity index (χ0n) is 16.1. The summed E-state index contributed by atoms with van der Waals surface area (Å²) < 4.78 is 5.21. The second-order valence-corrected chi connectivity index (χ2v) is 7.91. The van der Waals surface area contributed by atoms with Gasteiger partial charge in [-0.2, -0.15) is 0 Å². The third kappa shape index (κ3) is 4.78. The first-order chi connectivity index (χ1) is 13.5. The Morgan fingerprint density at radius 1 is 1.11 bits per heavy atom. The lowest BCUT2D eigenvalue weighted by Gasteiger charge is -2.30. The molecule has 1 saturated heterocycles. The minimum absolute atomic E-state index is 0.00907. The number of nitrogens with zero attached hydrogens (tertiary/aromatic N) is 1. The Labute approximate surface area is 168 Å². The van der Waals surface area contributed by atoms with Crippen molar-refractivity contribution in [3.8, 4) is 0 Å². The maximum Gasteiger partial charge on any atom is 0.309 e. The topological polar surface area (TPSA) is 75.7 Å². The molecule has 0 saturated carbocycles. The van der Waals surface area contributed by atoms with E-state index in [1.807, 2.05) is 49.6 Å². The van der Waals surface area contributed by atoms with Crippen LogP contribution in [0.5, 0.6) is 0 Å². The fourth-order valence-corrected chi connectivity index (χ4v) is 4.01. The van der Waals surface area contributed by atoms with Crippen LogP contribution >= 0.6 is 11.3 Å². The molecular formula is C21H24N2O4S. The normalized spacial score (nSPS) is 14.6. The predicted molar refractivity (Wildman–Crippen MR) is 108 cm³/mol. The number of piperidine rings is 1. The highest BCUT2D eigenvalue weighted by Gasteiger charge is 2.29. The average Bonchev–Trinajstić information content (AvgIpc) is 3.23. The molecule has 2 aromatic rings. The van der Waals surface area contributed by atoms with Gasteiger partial charge in [0, 0.05) is 18.8 Å². The van der Waals surface area contributed by atoms with E-state index >= 15 is 0 Å². The number of hydrogen-bond donors (Lipinski definition) is 1. The van der Waals surface area contributed by atoms with Crippen LogP contribution in [-0.2, 0) is 14.3 Å². The number of likely N-dealkylation sites (tertiary alicyclic amines) is 1. The molecule has 2 heterocycles. The third-order valence-corrected chi connectivity index (χ3v) is 5.80. The lowest BCUT2D eigenvalue weighted by atomic mass is 9.97. The number of para-hydroxylation sites is 1. The lowest BCUT2D eigenvalue weighted by molar-refractivity contribution is -0.152. The van der Waals surface area contributed by atoms with E-state index in [0.717, 1.165) is 16.8 Å². The number of anilines is 1. The van der Waals surface area contributed by atoms with Gasteiger partial charge in [0.2, 0.25) is 0 Å². The molecule has 1 aliphatic rings. The number of nitrogens with one attached hydrogen (secondary N) is 1. The summed E-state index contributed by atoms with van der Waals surface area (Å²) in [6, 6.07) is 9.42. The van der Waals surface area contributed by atoms with E-state index < -0.39 is 0 Å². The largest absolute Gasteiger partial charge is 0.455 e. The van der Waals surface area contributed by atoms with Gasteiger partial charge in [-0.3, -0.25) is 14.4 Å². The number of aryl methyl sites for hydroxylation is 2. The van der Waals surface area contributed by atoms with Crippen LogP contribution in [-0.4, -0.2) is 42.4 Å². The van der Waals surface area contributed by atoms with Crippen molar-refractivity contribution in [2.24, 2.45) is 5.92 Å². The van der Waals surface area contributed by atoms with E-state index in [-0.39, 0.29) is 30.3 Å². The van der Waals surface area contributed by atoms with Gasteiger partial charge in [0.1, 0.15) is 0 Å². The van der Waals surface area contributed by atoms with Gasteiger partial charge < -0.3 is 15.0 Å². The quantitative estimate of drug-likeness (QED) is 0.781. The van der Waals surface area contributed by atoms with E-state index in [0.29, 0.717) is 30.8 Å². The number of amides is 2. The number of carbonyl (C=O) groups is 3. The van der Waals surface area contributed by atoms with Crippen molar-refractivity contribution in [3.05, 3.63) is 51.7 Å². The summed E-state index contributed by atoms with van der Waals surface area (Å²) >= 11 is 1.42. The van der Waals surface area contributed by atoms with Crippen LogP contribution < -0.4 is 5.32 Å². The second-order valence-electron chi connectivity index (χ2n) is 6.97. The van der Waals surface area contributed by atoms with Gasteiger partial charge in [-0.15, -0.1) is 11.3 Å². The second kappa shape index (κ2) is 9.01. The van der Waals surface area contributed by atoms with Gasteiger partial charge in [-0.1, -0.05) is 24.3 Å². The first-order valence-electron chi connectivity index (χ1n) is 9.31. The number of benzene rings is 1. The average molecular weight is 401 g/mol. The van der Waals surface area contributed by atoms with Crippen molar-refractivity contribution in [2.45, 2.75) is 26.7 Å². The summed E-state index contributed by atoms with van der Waals surface area (Å²) in [7, 11) is 0. The number of thiophene rings is 1. The van der Waals surface area contributed by atoms with Crippen molar-refractivity contribution in [3.63, 3.8) is 0 Å². The molecule has 3 rings (SSSR count). The molecular weight excluding hydrogens is 376 g/mol. The minimum Gasteiger partial charge on any atom is -0.455 e. The molecule has 0 bridgehead atoms. The van der Waals surface area contributed by atoms with E-state index in [1.54, 1.807) is 4.90 Å². The third-order valence-electron chi connectivity index (χ3n) is 4.94. The molecule has 1 aliphatic heterocycles. The molecule has 0 aliphatic carbocycles. The maximum absolute atomic E-state index is 12.3. The summed E-state index contributed by atoms with van der Waals surface area (Å²) in [5.74, 6) is -0.994. The minimum atomic E-state index is -0.375. The van der Waals surface area contributed by atoms with Crippen LogP contribution in [0.2, 0.25) is 0 Å². The van der Waals surface area contributed by atoms with E-state index in [1.165, 1.54) is 11.3 Å². The Morgan fingerprint density at radius 3 is 2.39 bits per heavy atom. The van der Waals surface area contributed by atoms with Gasteiger partial charge in [0.15, 0.2) is 6.61 Å². The van der Waals surface area contributed by atoms with Crippen LogP contribution in [0.3, 0.4) is 0 Å². The van der Waals surface area contributed by atoms with Gasteiger partial charge in [0.05, 0.1) is 10.8 Å². The fraction of sp³-hybridized carbons (Fsp3) is 0.381. The molecule has 1 N–H and O–H groups in total. The maximum atomic E-state index is 12.3. The molecule has 1 fully saturated rings. The van der Waals surface area contributed by atoms with E-state index in [2.05, 4.69) is 5.32 Å². The smallest absolute Gasteiger partial charge is 0.309 e. The number of hydrogen-bond acceptors (Lipinski definition) is 5. The summed E-state index contributed by atoms with van der Waals surface area (Å²) in [5.41, 5.74) is 2.67. The lowest BCUT2D eigenvalue weighted by Crippen LogP contribution is -2.40. The highest BCUT2D eigenvalue weighted by molar-refractivity contribution is 7.12. The molecule has 0 radical (unpaired) electrons. The Kier molecular flexibility index (Phi) is 6.46. The number of ether oxygens (including phenoxy) is 1. The van der Waals surface area contributed by atoms with Gasteiger partial charge >= 0.3 is 5.97 Å². The van der Waals surface area contributed by atoms with Gasteiger partial charge in [-0.05, 0) is 49.3 Å². The zero-order chi connectivity index (χ0) is 20.1. The standard InChI is InChI=1S/C21H24N2O4S/c1-14-5-3-6-15(2)19(14)22-18(24)13-27-21(26)16-8-10-23(11-9-16)20(25)17-7-4-12-28-17/h3-7,12,16H,8-11,13H2,1-2H3,(H,22,24). The van der Waals surface area contributed by atoms with Crippen LogP contribution in [0.15, 0.2) is 35.7 Å².